The molecule has 0 fully saturated rings. The zero-order chi connectivity index (χ0) is 13.7. The number of thiocarbonyl (C=S) groups is 1. The quantitative estimate of drug-likeness (QED) is 0.844. The van der Waals surface area contributed by atoms with E-state index in [0.29, 0.717) is 22.9 Å². The van der Waals surface area contributed by atoms with Gasteiger partial charge >= 0.3 is 0 Å². The molecule has 0 spiro atoms. The number of hydrogen-bond donors (Lipinski definition) is 2. The molecule has 98 valence electrons. The van der Waals surface area contributed by atoms with Gasteiger partial charge in [-0.2, -0.15) is 0 Å². The average Bonchev–Trinajstić information content (AvgIpc) is 2.42. The van der Waals surface area contributed by atoms with Gasteiger partial charge < -0.3 is 10.6 Å². The molecule has 2 N–H and O–H groups in total. The second-order valence-electron chi connectivity index (χ2n) is 4.13. The molecule has 0 unspecified atom stereocenters. The molecule has 2 rings (SSSR count). The van der Waals surface area contributed by atoms with Gasteiger partial charge in [0, 0.05) is 24.6 Å². The highest BCUT2D eigenvalue weighted by atomic mass is 32.1. The van der Waals surface area contributed by atoms with Crippen LogP contribution < -0.4 is 10.6 Å². The molecular weight excluding hydrogens is 261 g/mol. The van der Waals surface area contributed by atoms with Crippen LogP contribution >= 0.6 is 12.2 Å². The largest absolute Gasteiger partial charge is 0.358 e. The monoisotopic (exact) mass is 275 g/mol. The van der Waals surface area contributed by atoms with E-state index in [1.54, 1.807) is 31.5 Å². The first-order valence-electron chi connectivity index (χ1n) is 5.85. The fourth-order valence-electron chi connectivity index (χ4n) is 1.53. The Labute approximate surface area is 116 Å². The summed E-state index contributed by atoms with van der Waals surface area (Å²) in [6.45, 7) is 2.32. The molecule has 3 nitrogen and oxygen atoms in total. The van der Waals surface area contributed by atoms with E-state index in [-0.39, 0.29) is 5.82 Å². The summed E-state index contributed by atoms with van der Waals surface area (Å²) in [6, 6.07) is 8.74. The van der Waals surface area contributed by atoms with Crippen molar-refractivity contribution in [2.45, 2.75) is 13.5 Å². The van der Waals surface area contributed by atoms with Crippen molar-refractivity contribution in [2.75, 3.05) is 5.32 Å². The summed E-state index contributed by atoms with van der Waals surface area (Å²) < 4.78 is 13.4. The number of nitrogens with one attached hydrogen (secondary N) is 2. The first-order valence-corrected chi connectivity index (χ1v) is 6.26. The van der Waals surface area contributed by atoms with Crippen LogP contribution in [0.5, 0.6) is 0 Å². The minimum atomic E-state index is -0.248. The predicted octanol–water partition coefficient (Wildman–Crippen LogP) is 3.02. The van der Waals surface area contributed by atoms with E-state index in [1.165, 1.54) is 6.07 Å². The average molecular weight is 275 g/mol. The zero-order valence-corrected chi connectivity index (χ0v) is 11.3. The summed E-state index contributed by atoms with van der Waals surface area (Å²) in [5, 5.41) is 6.45. The Balaban J connectivity index is 1.89. The smallest absolute Gasteiger partial charge is 0.171 e. The summed E-state index contributed by atoms with van der Waals surface area (Å²) in [4.78, 5) is 3.94. The molecule has 0 aliphatic carbocycles. The van der Waals surface area contributed by atoms with E-state index in [9.17, 15) is 4.39 Å². The number of nitrogens with zero attached hydrogens (tertiary/aromatic N) is 1. The maximum absolute atomic E-state index is 13.4. The second-order valence-corrected chi connectivity index (χ2v) is 4.54. The van der Waals surface area contributed by atoms with Gasteiger partial charge in [0.25, 0.3) is 0 Å². The lowest BCUT2D eigenvalue weighted by molar-refractivity contribution is 0.619. The van der Waals surface area contributed by atoms with Crippen molar-refractivity contribution in [1.82, 2.24) is 10.3 Å². The van der Waals surface area contributed by atoms with Crippen molar-refractivity contribution < 1.29 is 4.39 Å². The zero-order valence-electron chi connectivity index (χ0n) is 10.5. The van der Waals surface area contributed by atoms with Crippen LogP contribution in [0.1, 0.15) is 11.1 Å². The van der Waals surface area contributed by atoms with Crippen LogP contribution in [0, 0.1) is 12.7 Å². The van der Waals surface area contributed by atoms with Crippen LogP contribution in [-0.2, 0) is 6.54 Å². The minimum absolute atomic E-state index is 0.248. The normalized spacial score (nSPS) is 10.0. The highest BCUT2D eigenvalue weighted by molar-refractivity contribution is 7.80. The molecule has 1 heterocycles. The van der Waals surface area contributed by atoms with Crippen molar-refractivity contribution in [3.8, 4) is 0 Å². The first-order chi connectivity index (χ1) is 9.15. The Morgan fingerprint density at radius 1 is 1.26 bits per heavy atom. The minimum Gasteiger partial charge on any atom is -0.358 e. The van der Waals surface area contributed by atoms with Crippen LogP contribution in [0.25, 0.3) is 0 Å². The molecule has 0 saturated heterocycles. The maximum Gasteiger partial charge on any atom is 0.171 e. The lowest BCUT2D eigenvalue weighted by Crippen LogP contribution is -2.27. The van der Waals surface area contributed by atoms with E-state index in [1.807, 2.05) is 12.1 Å². The third-order valence-electron chi connectivity index (χ3n) is 2.63. The van der Waals surface area contributed by atoms with Crippen LogP contribution in [-0.4, -0.2) is 10.1 Å². The third-order valence-corrected chi connectivity index (χ3v) is 2.88. The number of halogens is 1. The number of rotatable bonds is 3. The van der Waals surface area contributed by atoms with Gasteiger partial charge in [0.05, 0.1) is 0 Å². The molecule has 0 radical (unpaired) electrons. The highest BCUT2D eigenvalue weighted by Crippen LogP contribution is 2.13. The Kier molecular flexibility index (Phi) is 4.41. The summed E-state index contributed by atoms with van der Waals surface area (Å²) in [5.74, 6) is -0.248. The van der Waals surface area contributed by atoms with Crippen molar-refractivity contribution in [3.63, 3.8) is 0 Å². The molecule has 5 heteroatoms. The van der Waals surface area contributed by atoms with E-state index < -0.39 is 0 Å². The van der Waals surface area contributed by atoms with Crippen molar-refractivity contribution in [3.05, 3.63) is 59.7 Å². The molecule has 0 aliphatic rings. The first kappa shape index (κ1) is 13.4. The number of aromatic nitrogens is 1. The summed E-state index contributed by atoms with van der Waals surface area (Å²) in [5.41, 5.74) is 2.32. The van der Waals surface area contributed by atoms with Crippen LogP contribution in [0.15, 0.2) is 42.7 Å². The second kappa shape index (κ2) is 6.24. The Hall–Kier alpha value is -2.01. The van der Waals surface area contributed by atoms with E-state index in [2.05, 4.69) is 15.6 Å². The van der Waals surface area contributed by atoms with Gasteiger partial charge in [0.2, 0.25) is 0 Å². The standard InChI is InChI=1S/C14H14FN3S/c1-10-2-3-12(8-13(10)15)18-14(19)17-9-11-4-6-16-7-5-11/h2-8H,9H2,1H3,(H2,17,18,19). The van der Waals surface area contributed by atoms with Gasteiger partial charge in [-0.05, 0) is 54.5 Å². The van der Waals surface area contributed by atoms with Crippen molar-refractivity contribution >= 4 is 23.0 Å². The fourth-order valence-corrected chi connectivity index (χ4v) is 1.72. The summed E-state index contributed by atoms with van der Waals surface area (Å²) in [7, 11) is 0. The Morgan fingerprint density at radius 2 is 2.00 bits per heavy atom. The lowest BCUT2D eigenvalue weighted by atomic mass is 10.2. The van der Waals surface area contributed by atoms with E-state index in [0.717, 1.165) is 5.56 Å². The number of anilines is 1. The fraction of sp³-hybridized carbons (Fsp3) is 0.143. The molecule has 2 aromatic rings. The number of benzene rings is 1. The number of aryl methyl sites for hydroxylation is 1. The molecule has 1 aromatic carbocycles. The van der Waals surface area contributed by atoms with Gasteiger partial charge in [-0.25, -0.2) is 4.39 Å². The van der Waals surface area contributed by atoms with Crippen molar-refractivity contribution in [2.24, 2.45) is 0 Å². The van der Waals surface area contributed by atoms with Crippen LogP contribution in [0.2, 0.25) is 0 Å². The van der Waals surface area contributed by atoms with Crippen LogP contribution in [0.4, 0.5) is 10.1 Å². The topological polar surface area (TPSA) is 37.0 Å². The Morgan fingerprint density at radius 3 is 2.68 bits per heavy atom. The lowest BCUT2D eigenvalue weighted by Gasteiger charge is -2.11. The molecule has 1 aromatic heterocycles. The molecule has 0 aliphatic heterocycles. The molecule has 19 heavy (non-hydrogen) atoms. The van der Waals surface area contributed by atoms with E-state index >= 15 is 0 Å². The third kappa shape index (κ3) is 3.99. The van der Waals surface area contributed by atoms with Crippen molar-refractivity contribution in [1.29, 1.82) is 0 Å². The highest BCUT2D eigenvalue weighted by Gasteiger charge is 2.01. The number of pyridine rings is 1. The van der Waals surface area contributed by atoms with Gasteiger partial charge in [-0.15, -0.1) is 0 Å². The molecule has 0 atom stereocenters. The molecule has 0 amide bonds. The molecular formula is C14H14FN3S. The molecule has 0 saturated carbocycles. The van der Waals surface area contributed by atoms with E-state index in [4.69, 9.17) is 12.2 Å². The molecule has 0 bridgehead atoms. The van der Waals surface area contributed by atoms with Gasteiger partial charge in [0.15, 0.2) is 5.11 Å². The number of hydrogen-bond acceptors (Lipinski definition) is 2. The maximum atomic E-state index is 13.4. The SMILES string of the molecule is Cc1ccc(NC(=S)NCc2ccncc2)cc1F. The summed E-state index contributed by atoms with van der Waals surface area (Å²) in [6.07, 6.45) is 3.45. The van der Waals surface area contributed by atoms with Gasteiger partial charge in [-0.1, -0.05) is 6.07 Å². The van der Waals surface area contributed by atoms with Gasteiger partial charge in [-0.3, -0.25) is 4.98 Å². The Bertz CT molecular complexity index is 572. The van der Waals surface area contributed by atoms with Crippen LogP contribution in [0.3, 0.4) is 0 Å². The predicted molar refractivity (Wildman–Crippen MR) is 78.4 cm³/mol. The van der Waals surface area contributed by atoms with Gasteiger partial charge in [0.1, 0.15) is 5.82 Å². The summed E-state index contributed by atoms with van der Waals surface area (Å²) >= 11 is 5.15.